The predicted molar refractivity (Wildman–Crippen MR) is 94.3 cm³/mol. The van der Waals surface area contributed by atoms with Crippen molar-refractivity contribution in [1.82, 2.24) is 9.36 Å². The highest BCUT2D eigenvalue weighted by Gasteiger charge is 2.21. The number of primary amides is 1. The molecule has 0 saturated carbocycles. The van der Waals surface area contributed by atoms with Crippen LogP contribution in [0.3, 0.4) is 0 Å². The van der Waals surface area contributed by atoms with Crippen LogP contribution in [0.1, 0.15) is 35.8 Å². The second-order valence-corrected chi connectivity index (χ2v) is 6.32. The average Bonchev–Trinajstić information content (AvgIpc) is 2.97. The SMILES string of the molecule is Cc1cc(Nc2nc(N(N)C(C)CCC=O)c(F)cc2C(N)=O)sn1. The van der Waals surface area contributed by atoms with E-state index in [1.54, 1.807) is 13.0 Å². The van der Waals surface area contributed by atoms with Crippen LogP contribution in [0.2, 0.25) is 0 Å². The molecule has 5 N–H and O–H groups in total. The van der Waals surface area contributed by atoms with Gasteiger partial charge < -0.3 is 15.8 Å². The van der Waals surface area contributed by atoms with Gasteiger partial charge in [-0.3, -0.25) is 9.80 Å². The van der Waals surface area contributed by atoms with Crippen molar-refractivity contribution in [3.63, 3.8) is 0 Å². The van der Waals surface area contributed by atoms with Crippen molar-refractivity contribution >= 4 is 40.4 Å². The van der Waals surface area contributed by atoms with Crippen molar-refractivity contribution < 1.29 is 14.0 Å². The molecule has 1 unspecified atom stereocenters. The minimum atomic E-state index is -0.820. The van der Waals surface area contributed by atoms with Gasteiger partial charge in [0.15, 0.2) is 11.6 Å². The number of amides is 1. The molecule has 25 heavy (non-hydrogen) atoms. The highest BCUT2D eigenvalue weighted by atomic mass is 32.1. The Balaban J connectivity index is 2.39. The molecule has 2 aromatic rings. The van der Waals surface area contributed by atoms with Gasteiger partial charge in [-0.1, -0.05) is 0 Å². The van der Waals surface area contributed by atoms with Gasteiger partial charge in [0, 0.05) is 12.5 Å². The molecule has 0 spiro atoms. The van der Waals surface area contributed by atoms with Crippen LogP contribution in [-0.4, -0.2) is 27.6 Å². The number of nitrogens with zero attached hydrogens (tertiary/aromatic N) is 3. The van der Waals surface area contributed by atoms with E-state index >= 15 is 0 Å². The highest BCUT2D eigenvalue weighted by molar-refractivity contribution is 7.10. The number of nitrogens with two attached hydrogens (primary N) is 2. The third-order valence-corrected chi connectivity index (χ3v) is 4.31. The predicted octanol–water partition coefficient (Wildman–Crippen LogP) is 1.88. The van der Waals surface area contributed by atoms with E-state index in [0.29, 0.717) is 17.8 Å². The lowest BCUT2D eigenvalue weighted by atomic mass is 10.1. The number of pyridine rings is 1. The third kappa shape index (κ3) is 4.48. The first-order chi connectivity index (χ1) is 11.8. The molecule has 2 heterocycles. The minimum Gasteiger partial charge on any atom is -0.365 e. The monoisotopic (exact) mass is 366 g/mol. The summed E-state index contributed by atoms with van der Waals surface area (Å²) in [6, 6.07) is 2.42. The van der Waals surface area contributed by atoms with E-state index in [1.807, 2.05) is 6.92 Å². The normalized spacial score (nSPS) is 11.8. The number of hydrogen-bond acceptors (Lipinski definition) is 8. The number of aromatic nitrogens is 2. The third-order valence-electron chi connectivity index (χ3n) is 3.51. The van der Waals surface area contributed by atoms with Crippen molar-refractivity contribution in [1.29, 1.82) is 0 Å². The Morgan fingerprint density at radius 3 is 2.80 bits per heavy atom. The van der Waals surface area contributed by atoms with Crippen LogP contribution in [0, 0.1) is 12.7 Å². The van der Waals surface area contributed by atoms with Crippen LogP contribution < -0.4 is 21.9 Å². The second kappa shape index (κ2) is 7.99. The van der Waals surface area contributed by atoms with E-state index in [-0.39, 0.29) is 23.2 Å². The van der Waals surface area contributed by atoms with E-state index in [0.717, 1.165) is 23.1 Å². The van der Waals surface area contributed by atoms with E-state index < -0.39 is 11.7 Å². The molecule has 0 bridgehead atoms. The number of anilines is 3. The lowest BCUT2D eigenvalue weighted by Crippen LogP contribution is -2.41. The van der Waals surface area contributed by atoms with Crippen molar-refractivity contribution in [2.24, 2.45) is 11.6 Å². The van der Waals surface area contributed by atoms with E-state index in [9.17, 15) is 14.0 Å². The summed E-state index contributed by atoms with van der Waals surface area (Å²) in [5, 5.41) is 4.68. The fourth-order valence-electron chi connectivity index (χ4n) is 2.14. The van der Waals surface area contributed by atoms with Crippen LogP contribution >= 0.6 is 11.5 Å². The summed E-state index contributed by atoms with van der Waals surface area (Å²) < 4.78 is 18.5. The molecule has 1 amide bonds. The maximum absolute atomic E-state index is 14.4. The Bertz CT molecular complexity index is 781. The smallest absolute Gasteiger partial charge is 0.252 e. The fraction of sp³-hybridized carbons (Fsp3) is 0.333. The lowest BCUT2D eigenvalue weighted by Gasteiger charge is -2.25. The summed E-state index contributed by atoms with van der Waals surface area (Å²) in [6.45, 7) is 3.56. The van der Waals surface area contributed by atoms with E-state index in [1.165, 1.54) is 11.5 Å². The summed E-state index contributed by atoms with van der Waals surface area (Å²) in [7, 11) is 0. The summed E-state index contributed by atoms with van der Waals surface area (Å²) in [5.41, 5.74) is 6.01. The molecule has 0 aromatic carbocycles. The second-order valence-electron chi connectivity index (χ2n) is 5.51. The molecular formula is C15H19FN6O2S. The minimum absolute atomic E-state index is 0.0885. The van der Waals surface area contributed by atoms with Crippen molar-refractivity contribution in [3.05, 3.63) is 29.2 Å². The van der Waals surface area contributed by atoms with Crippen LogP contribution in [0.15, 0.2) is 12.1 Å². The quantitative estimate of drug-likeness (QED) is 0.370. The Labute approximate surface area is 148 Å². The van der Waals surface area contributed by atoms with Gasteiger partial charge in [-0.2, -0.15) is 4.37 Å². The lowest BCUT2D eigenvalue weighted by molar-refractivity contribution is -0.108. The van der Waals surface area contributed by atoms with Crippen LogP contribution in [0.25, 0.3) is 0 Å². The van der Waals surface area contributed by atoms with Gasteiger partial charge in [0.2, 0.25) is 0 Å². The first-order valence-electron chi connectivity index (χ1n) is 7.51. The summed E-state index contributed by atoms with van der Waals surface area (Å²) >= 11 is 1.17. The molecule has 0 fully saturated rings. The molecule has 0 aliphatic carbocycles. The molecule has 8 nitrogen and oxygen atoms in total. The van der Waals surface area contributed by atoms with Gasteiger partial charge in [0.25, 0.3) is 5.91 Å². The summed E-state index contributed by atoms with van der Waals surface area (Å²) in [6.07, 6.45) is 1.50. The number of aldehydes is 1. The number of halogens is 1. The Kier molecular flexibility index (Phi) is 5.99. The molecule has 2 rings (SSSR count). The Morgan fingerprint density at radius 2 is 2.24 bits per heavy atom. The van der Waals surface area contributed by atoms with Gasteiger partial charge in [0.05, 0.1) is 11.3 Å². The number of carbonyl (C=O) groups is 2. The van der Waals surface area contributed by atoms with Crippen LogP contribution in [0.5, 0.6) is 0 Å². The molecule has 0 saturated heterocycles. The zero-order chi connectivity index (χ0) is 18.6. The van der Waals surface area contributed by atoms with Gasteiger partial charge in [0.1, 0.15) is 17.1 Å². The first-order valence-corrected chi connectivity index (χ1v) is 8.29. The highest BCUT2D eigenvalue weighted by Crippen LogP contribution is 2.27. The Hall–Kier alpha value is -2.59. The molecular weight excluding hydrogens is 347 g/mol. The van der Waals surface area contributed by atoms with Crippen molar-refractivity contribution in [3.8, 4) is 0 Å². The number of hydrogen-bond donors (Lipinski definition) is 3. The molecule has 0 radical (unpaired) electrons. The number of hydrazine groups is 1. The maximum Gasteiger partial charge on any atom is 0.252 e. The molecule has 134 valence electrons. The maximum atomic E-state index is 14.4. The van der Waals surface area contributed by atoms with Gasteiger partial charge >= 0.3 is 0 Å². The van der Waals surface area contributed by atoms with Gasteiger partial charge in [-0.05, 0) is 43.9 Å². The fourth-order valence-corrected chi connectivity index (χ4v) is 2.80. The number of nitrogens with one attached hydrogen (secondary N) is 1. The molecule has 1 atom stereocenters. The zero-order valence-corrected chi connectivity index (χ0v) is 14.6. The van der Waals surface area contributed by atoms with Gasteiger partial charge in [-0.25, -0.2) is 15.2 Å². The number of carbonyl (C=O) groups excluding carboxylic acids is 2. The zero-order valence-electron chi connectivity index (χ0n) is 13.8. The molecule has 2 aromatic heterocycles. The van der Waals surface area contributed by atoms with E-state index in [4.69, 9.17) is 11.6 Å². The molecule has 10 heteroatoms. The number of aryl methyl sites for hydroxylation is 1. The first kappa shape index (κ1) is 18.7. The van der Waals surface area contributed by atoms with Crippen molar-refractivity contribution in [2.75, 3.05) is 10.3 Å². The standard InChI is InChI=1S/C15H19FN6O2S/c1-8-6-12(25-21-8)19-14-10(13(17)24)7-11(16)15(20-14)22(18)9(2)4-3-5-23/h5-7,9H,3-4,18H2,1-2H3,(H2,17,24)(H,19,20). The largest absolute Gasteiger partial charge is 0.365 e. The molecule has 0 aliphatic heterocycles. The topological polar surface area (TPSA) is 127 Å². The van der Waals surface area contributed by atoms with E-state index in [2.05, 4.69) is 14.7 Å². The molecule has 0 aliphatic rings. The van der Waals surface area contributed by atoms with Crippen molar-refractivity contribution in [2.45, 2.75) is 32.7 Å². The van der Waals surface area contributed by atoms with Crippen LogP contribution in [-0.2, 0) is 4.79 Å². The summed E-state index contributed by atoms with van der Waals surface area (Å²) in [4.78, 5) is 26.2. The van der Waals surface area contributed by atoms with Gasteiger partial charge in [-0.15, -0.1) is 0 Å². The number of rotatable bonds is 8. The summed E-state index contributed by atoms with van der Waals surface area (Å²) in [5.74, 6) is 4.28. The Morgan fingerprint density at radius 1 is 1.52 bits per heavy atom. The van der Waals surface area contributed by atoms with Crippen LogP contribution in [0.4, 0.5) is 21.0 Å². The average molecular weight is 366 g/mol.